The van der Waals surface area contributed by atoms with E-state index < -0.39 is 29.9 Å². The van der Waals surface area contributed by atoms with Crippen LogP contribution in [0.5, 0.6) is 0 Å². The Labute approximate surface area is 285 Å². The Morgan fingerprint density at radius 2 is 1.57 bits per heavy atom. The number of unbranched alkanes of at least 4 members (excludes halogenated alkanes) is 2. The lowest BCUT2D eigenvalue weighted by molar-refractivity contribution is -0.137. The van der Waals surface area contributed by atoms with E-state index in [1.54, 1.807) is 43.0 Å². The third-order valence-electron chi connectivity index (χ3n) is 8.01. The first kappa shape index (κ1) is 38.5. The van der Waals surface area contributed by atoms with Crippen LogP contribution in [0.1, 0.15) is 57.9 Å². The highest BCUT2D eigenvalue weighted by Crippen LogP contribution is 2.14. The molecule has 2 heterocycles. The van der Waals surface area contributed by atoms with Gasteiger partial charge in [-0.1, -0.05) is 32.4 Å². The van der Waals surface area contributed by atoms with Gasteiger partial charge in [-0.05, 0) is 49.3 Å². The topological polar surface area (TPSA) is 221 Å². The third-order valence-corrected chi connectivity index (χ3v) is 8.01. The Bertz CT molecular complexity index is 1340. The molecule has 1 saturated heterocycles. The molecule has 0 radical (unpaired) electrons. The smallest absolute Gasteiger partial charge is 0.410 e. The first-order valence-electron chi connectivity index (χ1n) is 16.6. The van der Waals surface area contributed by atoms with E-state index in [0.717, 1.165) is 10.5 Å². The molecular formula is C33H48N8O8. The number of amides is 8. The number of piperazine rings is 1. The van der Waals surface area contributed by atoms with Crippen molar-refractivity contribution in [1.82, 2.24) is 31.1 Å². The van der Waals surface area contributed by atoms with Gasteiger partial charge in [-0.25, -0.2) is 9.59 Å². The Morgan fingerprint density at radius 3 is 2.20 bits per heavy atom. The van der Waals surface area contributed by atoms with Crippen molar-refractivity contribution >= 4 is 47.3 Å². The van der Waals surface area contributed by atoms with Gasteiger partial charge in [0.2, 0.25) is 17.7 Å². The van der Waals surface area contributed by atoms with E-state index in [1.807, 2.05) is 0 Å². The van der Waals surface area contributed by atoms with E-state index in [4.69, 9.17) is 10.5 Å². The van der Waals surface area contributed by atoms with Crippen molar-refractivity contribution in [3.8, 4) is 0 Å². The van der Waals surface area contributed by atoms with Crippen LogP contribution in [0.15, 0.2) is 36.4 Å². The summed E-state index contributed by atoms with van der Waals surface area (Å²) in [5.74, 6) is -2.35. The molecule has 2 aliphatic rings. The number of anilines is 1. The SMILES string of the molecule is CC(C)[C@H](NC(=O)CCCCCN1C(=O)C=CC1=O)C(=O)N[C@@H](CCCNC(N)=O)C(=O)Nc1ccc(COC(=O)N2CCNCC2)cc1. The Kier molecular flexibility index (Phi) is 15.5. The maximum absolute atomic E-state index is 13.4. The van der Waals surface area contributed by atoms with Gasteiger partial charge in [-0.3, -0.25) is 28.9 Å². The average Bonchev–Trinajstić information content (AvgIpc) is 3.40. The molecule has 2 atom stereocenters. The number of carbonyl (C=O) groups is 7. The summed E-state index contributed by atoms with van der Waals surface area (Å²) in [7, 11) is 0. The molecule has 3 rings (SSSR count). The van der Waals surface area contributed by atoms with Crippen molar-refractivity contribution in [3.05, 3.63) is 42.0 Å². The van der Waals surface area contributed by atoms with Crippen LogP contribution in [0.2, 0.25) is 0 Å². The minimum absolute atomic E-state index is 0.0726. The van der Waals surface area contributed by atoms with Crippen molar-refractivity contribution in [1.29, 1.82) is 0 Å². The van der Waals surface area contributed by atoms with E-state index in [-0.39, 0.29) is 62.3 Å². The lowest BCUT2D eigenvalue weighted by atomic mass is 10.0. The predicted molar refractivity (Wildman–Crippen MR) is 180 cm³/mol. The summed E-state index contributed by atoms with van der Waals surface area (Å²) < 4.78 is 5.40. The van der Waals surface area contributed by atoms with Crippen LogP contribution in [-0.2, 0) is 35.3 Å². The number of hydrogen-bond acceptors (Lipinski definition) is 9. The number of carbonyl (C=O) groups excluding carboxylic acids is 7. The van der Waals surface area contributed by atoms with Gasteiger partial charge in [0.1, 0.15) is 18.7 Å². The zero-order chi connectivity index (χ0) is 35.8. The van der Waals surface area contributed by atoms with Gasteiger partial charge in [0, 0.05) is 63.5 Å². The van der Waals surface area contributed by atoms with Gasteiger partial charge in [-0.15, -0.1) is 0 Å². The molecule has 49 heavy (non-hydrogen) atoms. The quantitative estimate of drug-likeness (QED) is 0.0946. The molecule has 0 aromatic heterocycles. The number of nitrogens with two attached hydrogens (primary N) is 1. The van der Waals surface area contributed by atoms with Gasteiger partial charge < -0.3 is 42.0 Å². The Hall–Kier alpha value is -4.99. The predicted octanol–water partition coefficient (Wildman–Crippen LogP) is 0.726. The Morgan fingerprint density at radius 1 is 0.898 bits per heavy atom. The fraction of sp³-hybridized carbons (Fsp3) is 0.545. The molecule has 0 aliphatic carbocycles. The molecular weight excluding hydrogens is 636 g/mol. The standard InChI is InChI=1S/C33H48N8O8/c1-22(2)29(39-26(42)8-4-3-5-18-41-27(43)13-14-28(41)44)31(46)38-25(7-6-15-36-32(34)47)30(45)37-24-11-9-23(10-12-24)21-49-33(48)40-19-16-35-17-20-40/h9-14,22,25,29,35H,3-8,15-21H2,1-2H3,(H,37,45)(H,38,46)(H,39,42)(H3,34,36,47)/t25-,29-/m0/s1. The molecule has 0 bridgehead atoms. The largest absolute Gasteiger partial charge is 0.445 e. The van der Waals surface area contributed by atoms with Crippen molar-refractivity contribution in [3.63, 3.8) is 0 Å². The summed E-state index contributed by atoms with van der Waals surface area (Å²) in [6.07, 6.45) is 4.38. The van der Waals surface area contributed by atoms with Crippen molar-refractivity contribution in [2.75, 3.05) is 44.6 Å². The molecule has 7 N–H and O–H groups in total. The summed E-state index contributed by atoms with van der Waals surface area (Å²) in [5.41, 5.74) is 6.34. The van der Waals surface area contributed by atoms with Crippen molar-refractivity contribution in [2.45, 2.75) is 71.1 Å². The molecule has 0 saturated carbocycles. The number of benzene rings is 1. The molecule has 8 amide bonds. The molecule has 1 fully saturated rings. The molecule has 16 heteroatoms. The van der Waals surface area contributed by atoms with Crippen LogP contribution >= 0.6 is 0 Å². The van der Waals surface area contributed by atoms with Crippen molar-refractivity contribution in [2.24, 2.45) is 11.7 Å². The minimum Gasteiger partial charge on any atom is -0.445 e. The van der Waals surface area contributed by atoms with Crippen LogP contribution in [0, 0.1) is 5.92 Å². The fourth-order valence-electron chi connectivity index (χ4n) is 5.21. The number of primary amides is 1. The number of nitrogens with zero attached hydrogens (tertiary/aromatic N) is 2. The number of rotatable bonds is 18. The minimum atomic E-state index is -0.995. The first-order valence-corrected chi connectivity index (χ1v) is 16.6. The maximum Gasteiger partial charge on any atom is 0.410 e. The zero-order valence-corrected chi connectivity index (χ0v) is 28.1. The number of urea groups is 1. The molecule has 2 aliphatic heterocycles. The lowest BCUT2D eigenvalue weighted by Gasteiger charge is -2.26. The van der Waals surface area contributed by atoms with Crippen LogP contribution < -0.4 is 32.3 Å². The summed E-state index contributed by atoms with van der Waals surface area (Å²) in [6.45, 7) is 6.68. The Balaban J connectivity index is 1.51. The summed E-state index contributed by atoms with van der Waals surface area (Å²) in [5, 5.41) is 13.9. The van der Waals surface area contributed by atoms with Crippen LogP contribution in [-0.4, -0.2) is 103 Å². The van der Waals surface area contributed by atoms with Gasteiger partial charge >= 0.3 is 12.1 Å². The van der Waals surface area contributed by atoms with E-state index in [9.17, 15) is 33.6 Å². The zero-order valence-electron chi connectivity index (χ0n) is 28.1. The molecule has 0 unspecified atom stereocenters. The molecule has 1 aromatic carbocycles. The van der Waals surface area contributed by atoms with Crippen LogP contribution in [0.4, 0.5) is 15.3 Å². The van der Waals surface area contributed by atoms with Gasteiger partial charge in [0.05, 0.1) is 0 Å². The van der Waals surface area contributed by atoms with E-state index in [0.29, 0.717) is 57.5 Å². The van der Waals surface area contributed by atoms with Crippen LogP contribution in [0.3, 0.4) is 0 Å². The maximum atomic E-state index is 13.4. The fourth-order valence-corrected chi connectivity index (χ4v) is 5.21. The number of imide groups is 1. The normalized spacial score (nSPS) is 15.5. The summed E-state index contributed by atoms with van der Waals surface area (Å²) >= 11 is 0. The summed E-state index contributed by atoms with van der Waals surface area (Å²) in [6, 6.07) is 4.14. The lowest BCUT2D eigenvalue weighted by Crippen LogP contribution is -2.54. The molecule has 16 nitrogen and oxygen atoms in total. The molecule has 0 spiro atoms. The van der Waals surface area contributed by atoms with Gasteiger partial charge in [-0.2, -0.15) is 0 Å². The highest BCUT2D eigenvalue weighted by atomic mass is 16.6. The molecule has 1 aromatic rings. The monoisotopic (exact) mass is 684 g/mol. The number of nitrogens with one attached hydrogen (secondary N) is 5. The van der Waals surface area contributed by atoms with E-state index >= 15 is 0 Å². The van der Waals surface area contributed by atoms with E-state index in [2.05, 4.69) is 26.6 Å². The molecule has 268 valence electrons. The third kappa shape index (κ3) is 13.2. The average molecular weight is 685 g/mol. The second kappa shape index (κ2) is 19.7. The second-order valence-electron chi connectivity index (χ2n) is 12.2. The van der Waals surface area contributed by atoms with Gasteiger partial charge in [0.25, 0.3) is 11.8 Å². The van der Waals surface area contributed by atoms with E-state index in [1.165, 1.54) is 12.2 Å². The van der Waals surface area contributed by atoms with Crippen LogP contribution in [0.25, 0.3) is 0 Å². The number of hydrogen-bond donors (Lipinski definition) is 6. The highest BCUT2D eigenvalue weighted by Gasteiger charge is 2.29. The van der Waals surface area contributed by atoms with Crippen molar-refractivity contribution < 1.29 is 38.3 Å². The number of ether oxygens (including phenoxy) is 1. The summed E-state index contributed by atoms with van der Waals surface area (Å²) in [4.78, 5) is 89.0. The second-order valence-corrected chi connectivity index (χ2v) is 12.2. The van der Waals surface area contributed by atoms with Gasteiger partial charge in [0.15, 0.2) is 0 Å². The first-order chi connectivity index (χ1) is 23.4. The highest BCUT2D eigenvalue weighted by molar-refractivity contribution is 6.12.